The molecule has 0 radical (unpaired) electrons. The van der Waals surface area contributed by atoms with Crippen molar-refractivity contribution >= 4 is 10.9 Å². The van der Waals surface area contributed by atoms with Crippen molar-refractivity contribution in [2.24, 2.45) is 11.5 Å². The van der Waals surface area contributed by atoms with Gasteiger partial charge >= 0.3 is 0 Å². The molecule has 0 aliphatic rings. The van der Waals surface area contributed by atoms with Gasteiger partial charge in [0, 0.05) is 24.2 Å². The van der Waals surface area contributed by atoms with Crippen LogP contribution >= 0.6 is 0 Å². The molecule has 0 spiro atoms. The summed E-state index contributed by atoms with van der Waals surface area (Å²) < 4.78 is 0. The Balaban J connectivity index is 2.42. The van der Waals surface area contributed by atoms with Crippen molar-refractivity contribution in [3.63, 3.8) is 0 Å². The van der Waals surface area contributed by atoms with Gasteiger partial charge < -0.3 is 11.5 Å². The molecule has 15 heavy (non-hydrogen) atoms. The average Bonchev–Trinajstić information content (AvgIpc) is 2.29. The molecular formula is C12H15N3. The van der Waals surface area contributed by atoms with Crippen LogP contribution in [0.1, 0.15) is 5.56 Å². The molecule has 0 aliphatic carbocycles. The molecule has 1 heterocycles. The molecule has 0 bridgehead atoms. The van der Waals surface area contributed by atoms with E-state index in [0.29, 0.717) is 6.54 Å². The molecule has 78 valence electrons. The van der Waals surface area contributed by atoms with Crippen LogP contribution in [0, 0.1) is 0 Å². The third kappa shape index (κ3) is 2.14. The third-order valence-corrected chi connectivity index (χ3v) is 2.52. The van der Waals surface area contributed by atoms with Crippen LogP contribution in [0.3, 0.4) is 0 Å². The Morgan fingerprint density at radius 2 is 2.00 bits per heavy atom. The van der Waals surface area contributed by atoms with Gasteiger partial charge in [0.1, 0.15) is 0 Å². The second kappa shape index (κ2) is 4.38. The van der Waals surface area contributed by atoms with Crippen molar-refractivity contribution in [3.8, 4) is 0 Å². The Morgan fingerprint density at radius 3 is 2.80 bits per heavy atom. The summed E-state index contributed by atoms with van der Waals surface area (Å²) in [5.74, 6) is 0. The number of nitrogens with two attached hydrogens (primary N) is 2. The van der Waals surface area contributed by atoms with E-state index < -0.39 is 0 Å². The van der Waals surface area contributed by atoms with Crippen molar-refractivity contribution in [1.29, 1.82) is 0 Å². The summed E-state index contributed by atoms with van der Waals surface area (Å²) >= 11 is 0. The Kier molecular flexibility index (Phi) is 2.94. The fraction of sp³-hybridized carbons (Fsp3) is 0.250. The van der Waals surface area contributed by atoms with E-state index in [4.69, 9.17) is 11.5 Å². The van der Waals surface area contributed by atoms with E-state index in [1.54, 1.807) is 0 Å². The van der Waals surface area contributed by atoms with Gasteiger partial charge in [-0.2, -0.15) is 0 Å². The zero-order chi connectivity index (χ0) is 10.7. The first-order chi connectivity index (χ1) is 7.31. The maximum Gasteiger partial charge on any atom is 0.0704 e. The van der Waals surface area contributed by atoms with Gasteiger partial charge in [-0.1, -0.05) is 18.2 Å². The summed E-state index contributed by atoms with van der Waals surface area (Å²) in [5, 5.41) is 1.17. The van der Waals surface area contributed by atoms with Crippen LogP contribution in [-0.2, 0) is 6.42 Å². The summed E-state index contributed by atoms with van der Waals surface area (Å²) in [4.78, 5) is 4.30. The largest absolute Gasteiger partial charge is 0.329 e. The summed E-state index contributed by atoms with van der Waals surface area (Å²) in [6.45, 7) is 0.511. The predicted molar refractivity (Wildman–Crippen MR) is 62.5 cm³/mol. The van der Waals surface area contributed by atoms with Crippen LogP contribution in [0.4, 0.5) is 0 Å². The highest BCUT2D eigenvalue weighted by molar-refractivity contribution is 5.81. The van der Waals surface area contributed by atoms with Gasteiger partial charge in [-0.3, -0.25) is 4.98 Å². The number of aromatic nitrogens is 1. The molecule has 3 heteroatoms. The highest BCUT2D eigenvalue weighted by Gasteiger charge is 2.05. The van der Waals surface area contributed by atoms with Gasteiger partial charge in [-0.15, -0.1) is 0 Å². The van der Waals surface area contributed by atoms with Gasteiger partial charge in [0.25, 0.3) is 0 Å². The fourth-order valence-corrected chi connectivity index (χ4v) is 1.70. The van der Waals surface area contributed by atoms with E-state index in [1.807, 2.05) is 30.5 Å². The minimum atomic E-state index is 0.0239. The van der Waals surface area contributed by atoms with Crippen molar-refractivity contribution in [2.45, 2.75) is 12.5 Å². The Labute approximate surface area is 89.1 Å². The number of benzene rings is 1. The second-order valence-corrected chi connectivity index (χ2v) is 3.69. The highest BCUT2D eigenvalue weighted by atomic mass is 14.7. The Hall–Kier alpha value is -1.45. The molecular weight excluding hydrogens is 186 g/mol. The smallest absolute Gasteiger partial charge is 0.0704 e. The summed E-state index contributed by atoms with van der Waals surface area (Å²) in [5.41, 5.74) is 13.6. The molecule has 0 unspecified atom stereocenters. The normalized spacial score (nSPS) is 12.9. The maximum atomic E-state index is 5.85. The van der Waals surface area contributed by atoms with Crippen molar-refractivity contribution < 1.29 is 0 Å². The Bertz CT molecular complexity index is 448. The van der Waals surface area contributed by atoms with Crippen molar-refractivity contribution in [2.75, 3.05) is 6.54 Å². The molecule has 0 amide bonds. The molecule has 1 aromatic heterocycles. The zero-order valence-electron chi connectivity index (χ0n) is 8.56. The molecule has 4 N–H and O–H groups in total. The molecule has 1 aromatic carbocycles. The molecule has 0 aliphatic heterocycles. The number of hydrogen-bond acceptors (Lipinski definition) is 3. The first kappa shape index (κ1) is 10.1. The van der Waals surface area contributed by atoms with E-state index in [2.05, 4.69) is 11.1 Å². The van der Waals surface area contributed by atoms with Crippen LogP contribution < -0.4 is 11.5 Å². The number of para-hydroxylation sites is 1. The van der Waals surface area contributed by atoms with E-state index in [0.717, 1.165) is 11.9 Å². The van der Waals surface area contributed by atoms with Gasteiger partial charge in [0.2, 0.25) is 0 Å². The topological polar surface area (TPSA) is 64.9 Å². The van der Waals surface area contributed by atoms with Gasteiger partial charge in [-0.25, -0.2) is 0 Å². The van der Waals surface area contributed by atoms with Gasteiger partial charge in [-0.05, 0) is 24.1 Å². The minimum absolute atomic E-state index is 0.0239. The molecule has 2 aromatic rings. The molecule has 3 nitrogen and oxygen atoms in total. The SMILES string of the molecule is NC[C@@H](N)Cc1ccnc2ccccc12. The van der Waals surface area contributed by atoms with Crippen LogP contribution in [-0.4, -0.2) is 17.6 Å². The highest BCUT2D eigenvalue weighted by Crippen LogP contribution is 2.16. The molecule has 0 saturated heterocycles. The van der Waals surface area contributed by atoms with Crippen LogP contribution in [0.25, 0.3) is 10.9 Å². The average molecular weight is 201 g/mol. The second-order valence-electron chi connectivity index (χ2n) is 3.69. The lowest BCUT2D eigenvalue weighted by molar-refractivity contribution is 0.681. The lowest BCUT2D eigenvalue weighted by atomic mass is 10.0. The summed E-state index contributed by atoms with van der Waals surface area (Å²) in [6.07, 6.45) is 2.63. The zero-order valence-corrected chi connectivity index (χ0v) is 8.56. The monoisotopic (exact) mass is 201 g/mol. The van der Waals surface area contributed by atoms with Crippen molar-refractivity contribution in [1.82, 2.24) is 4.98 Å². The van der Waals surface area contributed by atoms with Gasteiger partial charge in [0.15, 0.2) is 0 Å². The van der Waals surface area contributed by atoms with Crippen LogP contribution in [0.5, 0.6) is 0 Å². The van der Waals surface area contributed by atoms with E-state index in [9.17, 15) is 0 Å². The van der Waals surface area contributed by atoms with Crippen molar-refractivity contribution in [3.05, 3.63) is 42.1 Å². The number of hydrogen-bond donors (Lipinski definition) is 2. The van der Waals surface area contributed by atoms with E-state index >= 15 is 0 Å². The summed E-state index contributed by atoms with van der Waals surface area (Å²) in [7, 11) is 0. The minimum Gasteiger partial charge on any atom is -0.329 e. The third-order valence-electron chi connectivity index (χ3n) is 2.52. The molecule has 0 fully saturated rings. The van der Waals surface area contributed by atoms with Crippen LogP contribution in [0.2, 0.25) is 0 Å². The number of fused-ring (bicyclic) bond motifs is 1. The molecule has 1 atom stereocenters. The van der Waals surface area contributed by atoms with E-state index in [-0.39, 0.29) is 6.04 Å². The number of nitrogens with zero attached hydrogens (tertiary/aromatic N) is 1. The fourth-order valence-electron chi connectivity index (χ4n) is 1.70. The molecule has 0 saturated carbocycles. The Morgan fingerprint density at radius 1 is 1.20 bits per heavy atom. The quantitative estimate of drug-likeness (QED) is 0.780. The standard InChI is InChI=1S/C12H15N3/c13-8-10(14)7-9-5-6-15-12-4-2-1-3-11(9)12/h1-6,10H,7-8,13-14H2/t10-/m0/s1. The first-order valence-corrected chi connectivity index (χ1v) is 5.09. The van der Waals surface area contributed by atoms with Gasteiger partial charge in [0.05, 0.1) is 5.52 Å². The number of pyridine rings is 1. The molecule has 2 rings (SSSR count). The lowest BCUT2D eigenvalue weighted by Gasteiger charge is -2.10. The predicted octanol–water partition coefficient (Wildman–Crippen LogP) is 1.06. The first-order valence-electron chi connectivity index (χ1n) is 5.09. The maximum absolute atomic E-state index is 5.85. The summed E-state index contributed by atoms with van der Waals surface area (Å²) in [6, 6.07) is 10.1. The van der Waals surface area contributed by atoms with E-state index in [1.165, 1.54) is 10.9 Å². The number of rotatable bonds is 3. The van der Waals surface area contributed by atoms with Crippen LogP contribution in [0.15, 0.2) is 36.5 Å². The lowest BCUT2D eigenvalue weighted by Crippen LogP contribution is -2.31.